The molecule has 0 aliphatic rings. The minimum Gasteiger partial charge on any atom is -0.350 e. The van der Waals surface area contributed by atoms with Crippen LogP contribution in [0.5, 0.6) is 0 Å². The van der Waals surface area contributed by atoms with Gasteiger partial charge in [0.15, 0.2) is 0 Å². The van der Waals surface area contributed by atoms with Crippen LogP contribution in [0.25, 0.3) is 0 Å². The molecule has 0 fully saturated rings. The fourth-order valence-electron chi connectivity index (χ4n) is 4.11. The van der Waals surface area contributed by atoms with Crippen LogP contribution in [0.3, 0.4) is 0 Å². The third-order valence-electron chi connectivity index (χ3n) is 6.08. The second-order valence-corrected chi connectivity index (χ2v) is 13.4. The number of benzene rings is 3. The average Bonchev–Trinajstić information content (AvgIpc) is 2.89. The lowest BCUT2D eigenvalue weighted by molar-refractivity contribution is -0.141. The molecule has 0 aliphatic carbocycles. The van der Waals surface area contributed by atoms with Crippen LogP contribution in [0, 0.1) is 5.82 Å². The van der Waals surface area contributed by atoms with Gasteiger partial charge in [0.05, 0.1) is 15.6 Å². The van der Waals surface area contributed by atoms with E-state index >= 15 is 0 Å². The molecule has 0 radical (unpaired) electrons. The van der Waals surface area contributed by atoms with Gasteiger partial charge in [-0.1, -0.05) is 66.0 Å². The molecular formula is C29H31Cl3FN3O4S. The first-order valence-corrected chi connectivity index (χ1v) is 15.3. The van der Waals surface area contributed by atoms with Gasteiger partial charge in [-0.25, -0.2) is 12.8 Å². The molecule has 0 aromatic heterocycles. The first kappa shape index (κ1) is 32.7. The van der Waals surface area contributed by atoms with Crippen molar-refractivity contribution in [1.82, 2.24) is 10.2 Å². The number of nitrogens with one attached hydrogen (secondary N) is 1. The van der Waals surface area contributed by atoms with Crippen LogP contribution in [0.1, 0.15) is 39.7 Å². The summed E-state index contributed by atoms with van der Waals surface area (Å²) in [6.07, 6.45) is 0.212. The molecule has 0 aliphatic heterocycles. The summed E-state index contributed by atoms with van der Waals surface area (Å²) in [5.41, 5.74) is -0.237. The number of hydrogen-bond donors (Lipinski definition) is 1. The van der Waals surface area contributed by atoms with Gasteiger partial charge in [0.1, 0.15) is 18.4 Å². The molecule has 3 aromatic rings. The van der Waals surface area contributed by atoms with E-state index in [1.807, 2.05) is 0 Å². The maximum absolute atomic E-state index is 14.1. The van der Waals surface area contributed by atoms with Crippen LogP contribution < -0.4 is 9.62 Å². The summed E-state index contributed by atoms with van der Waals surface area (Å²) in [6, 6.07) is 14.7. The lowest BCUT2D eigenvalue weighted by atomic mass is 10.1. The van der Waals surface area contributed by atoms with Gasteiger partial charge in [-0.05, 0) is 69.7 Å². The average molecular weight is 643 g/mol. The fraction of sp³-hybridized carbons (Fsp3) is 0.310. The minimum atomic E-state index is -4.33. The molecule has 41 heavy (non-hydrogen) atoms. The third kappa shape index (κ3) is 8.13. The van der Waals surface area contributed by atoms with E-state index in [1.165, 1.54) is 23.1 Å². The van der Waals surface area contributed by atoms with Crippen LogP contribution in [0.4, 0.5) is 10.1 Å². The Kier molecular flexibility index (Phi) is 10.7. The van der Waals surface area contributed by atoms with Gasteiger partial charge in [0.25, 0.3) is 10.0 Å². The first-order valence-electron chi connectivity index (χ1n) is 12.7. The normalized spacial score (nSPS) is 12.5. The summed E-state index contributed by atoms with van der Waals surface area (Å²) < 4.78 is 42.5. The standard InChI is InChI=1S/C29H31Cl3FN3O4S/c1-5-26(28(38)34-29(2,3)4)35(17-21-22(30)12-9-13-23(21)31)27(37)18-36(19-14-15-25(33)24(32)16-19)41(39,40)20-10-7-6-8-11-20/h6-16,26H,5,17-18H2,1-4H3,(H,34,38). The van der Waals surface area contributed by atoms with E-state index in [9.17, 15) is 22.4 Å². The molecule has 2 amide bonds. The van der Waals surface area contributed by atoms with E-state index in [4.69, 9.17) is 34.8 Å². The van der Waals surface area contributed by atoms with Crippen molar-refractivity contribution in [3.05, 3.63) is 93.2 Å². The van der Waals surface area contributed by atoms with E-state index < -0.39 is 45.8 Å². The monoisotopic (exact) mass is 641 g/mol. The molecule has 1 N–H and O–H groups in total. The van der Waals surface area contributed by atoms with Crippen LogP contribution in [0.2, 0.25) is 15.1 Å². The lowest BCUT2D eigenvalue weighted by Gasteiger charge is -2.35. The van der Waals surface area contributed by atoms with Crippen LogP contribution in [-0.4, -0.2) is 43.3 Å². The number of carbonyl (C=O) groups is 2. The number of carbonyl (C=O) groups excluding carboxylic acids is 2. The predicted octanol–water partition coefficient (Wildman–Crippen LogP) is 6.70. The van der Waals surface area contributed by atoms with E-state index in [2.05, 4.69) is 5.32 Å². The van der Waals surface area contributed by atoms with Crippen molar-refractivity contribution in [2.75, 3.05) is 10.8 Å². The van der Waals surface area contributed by atoms with Gasteiger partial charge in [-0.3, -0.25) is 13.9 Å². The molecule has 0 spiro atoms. The Balaban J connectivity index is 2.13. The SMILES string of the molecule is CCC(C(=O)NC(C)(C)C)N(Cc1c(Cl)cccc1Cl)C(=O)CN(c1ccc(F)c(Cl)c1)S(=O)(=O)c1ccccc1. The Bertz CT molecular complexity index is 1500. The quantitative estimate of drug-likeness (QED) is 0.267. The van der Waals surface area contributed by atoms with E-state index in [0.29, 0.717) is 5.56 Å². The summed E-state index contributed by atoms with van der Waals surface area (Å²) in [5.74, 6) is -1.89. The second kappa shape index (κ2) is 13.4. The Morgan fingerprint density at radius 2 is 1.54 bits per heavy atom. The molecular weight excluding hydrogens is 612 g/mol. The molecule has 0 saturated heterocycles. The Labute approximate surface area is 255 Å². The minimum absolute atomic E-state index is 0.0310. The molecule has 0 bridgehead atoms. The summed E-state index contributed by atoms with van der Waals surface area (Å²) >= 11 is 18.8. The number of rotatable bonds is 10. The van der Waals surface area contributed by atoms with Crippen molar-refractivity contribution < 1.29 is 22.4 Å². The third-order valence-corrected chi connectivity index (χ3v) is 8.86. The number of amides is 2. The van der Waals surface area contributed by atoms with Gasteiger partial charge in [0, 0.05) is 27.7 Å². The van der Waals surface area contributed by atoms with Crippen LogP contribution in [0.15, 0.2) is 71.6 Å². The maximum atomic E-state index is 14.1. The molecule has 12 heteroatoms. The van der Waals surface area contributed by atoms with Crippen molar-refractivity contribution in [2.24, 2.45) is 0 Å². The zero-order valence-corrected chi connectivity index (χ0v) is 26.1. The smallest absolute Gasteiger partial charge is 0.264 e. The van der Waals surface area contributed by atoms with Gasteiger partial charge in [-0.2, -0.15) is 0 Å². The highest BCUT2D eigenvalue weighted by Crippen LogP contribution is 2.30. The summed E-state index contributed by atoms with van der Waals surface area (Å²) in [7, 11) is -4.33. The number of nitrogens with zero attached hydrogens (tertiary/aromatic N) is 2. The highest BCUT2D eigenvalue weighted by atomic mass is 35.5. The zero-order chi connectivity index (χ0) is 30.5. The van der Waals surface area contributed by atoms with E-state index in [0.717, 1.165) is 16.4 Å². The molecule has 0 saturated carbocycles. The van der Waals surface area contributed by atoms with Crippen LogP contribution in [-0.2, 0) is 26.2 Å². The number of hydrogen-bond acceptors (Lipinski definition) is 4. The predicted molar refractivity (Wildman–Crippen MR) is 161 cm³/mol. The zero-order valence-electron chi connectivity index (χ0n) is 23.0. The number of sulfonamides is 1. The molecule has 3 aromatic carbocycles. The van der Waals surface area contributed by atoms with Crippen molar-refractivity contribution in [3.63, 3.8) is 0 Å². The summed E-state index contributed by atoms with van der Waals surface area (Å²) in [5, 5.41) is 3.12. The Hall–Kier alpha value is -2.85. The molecule has 0 heterocycles. The Morgan fingerprint density at radius 1 is 0.927 bits per heavy atom. The molecule has 3 rings (SSSR count). The van der Waals surface area contributed by atoms with Crippen molar-refractivity contribution in [3.8, 4) is 0 Å². The van der Waals surface area contributed by atoms with Crippen molar-refractivity contribution in [2.45, 2.75) is 57.1 Å². The highest BCUT2D eigenvalue weighted by Gasteiger charge is 2.35. The van der Waals surface area contributed by atoms with Crippen molar-refractivity contribution in [1.29, 1.82) is 0 Å². The van der Waals surface area contributed by atoms with E-state index in [1.54, 1.807) is 64.1 Å². The number of anilines is 1. The lowest BCUT2D eigenvalue weighted by Crippen LogP contribution is -2.55. The molecule has 220 valence electrons. The van der Waals surface area contributed by atoms with Gasteiger partial charge in [0.2, 0.25) is 11.8 Å². The maximum Gasteiger partial charge on any atom is 0.264 e. The van der Waals surface area contributed by atoms with Crippen molar-refractivity contribution >= 4 is 62.3 Å². The summed E-state index contributed by atoms with van der Waals surface area (Å²) in [6.45, 7) is 6.26. The first-order chi connectivity index (χ1) is 19.2. The van der Waals surface area contributed by atoms with Gasteiger partial charge >= 0.3 is 0 Å². The van der Waals surface area contributed by atoms with Gasteiger partial charge < -0.3 is 10.2 Å². The molecule has 1 atom stereocenters. The topological polar surface area (TPSA) is 86.8 Å². The van der Waals surface area contributed by atoms with Crippen LogP contribution >= 0.6 is 34.8 Å². The summed E-state index contributed by atoms with van der Waals surface area (Å²) in [4.78, 5) is 28.7. The number of halogens is 4. The largest absolute Gasteiger partial charge is 0.350 e. The van der Waals surface area contributed by atoms with E-state index in [-0.39, 0.29) is 38.6 Å². The molecule has 1 unspecified atom stereocenters. The highest BCUT2D eigenvalue weighted by molar-refractivity contribution is 7.92. The molecule has 7 nitrogen and oxygen atoms in total. The fourth-order valence-corrected chi connectivity index (χ4v) is 6.23. The Morgan fingerprint density at radius 3 is 2.07 bits per heavy atom. The van der Waals surface area contributed by atoms with Gasteiger partial charge in [-0.15, -0.1) is 0 Å². The second-order valence-electron chi connectivity index (χ2n) is 10.3.